The molecule has 1 aromatic heterocycles. The van der Waals surface area contributed by atoms with Crippen LogP contribution in [0.1, 0.15) is 34.8 Å². The SMILES string of the molecule is CCOC(=O)C1CCc2sc(C)nc21. The quantitative estimate of drug-likeness (QED) is 0.703. The highest BCUT2D eigenvalue weighted by Gasteiger charge is 2.32. The fraction of sp³-hybridized carbons (Fsp3) is 0.600. The number of hydrogen-bond donors (Lipinski definition) is 0. The summed E-state index contributed by atoms with van der Waals surface area (Å²) in [5.74, 6) is -0.216. The average molecular weight is 211 g/mol. The van der Waals surface area contributed by atoms with Gasteiger partial charge >= 0.3 is 5.97 Å². The van der Waals surface area contributed by atoms with Crippen molar-refractivity contribution in [2.75, 3.05) is 6.61 Å². The molecule has 76 valence electrons. The van der Waals surface area contributed by atoms with Gasteiger partial charge in [-0.2, -0.15) is 0 Å². The lowest BCUT2D eigenvalue weighted by molar-refractivity contribution is -0.145. The lowest BCUT2D eigenvalue weighted by Gasteiger charge is -2.07. The van der Waals surface area contributed by atoms with Crippen molar-refractivity contribution >= 4 is 17.3 Å². The molecule has 0 aliphatic heterocycles. The Labute approximate surface area is 87.1 Å². The zero-order valence-electron chi connectivity index (χ0n) is 8.37. The largest absolute Gasteiger partial charge is 0.465 e. The van der Waals surface area contributed by atoms with Crippen LogP contribution in [0.5, 0.6) is 0 Å². The Morgan fingerprint density at radius 1 is 1.71 bits per heavy atom. The fourth-order valence-corrected chi connectivity index (χ4v) is 2.83. The summed E-state index contributed by atoms with van der Waals surface area (Å²) in [6.45, 7) is 4.26. The number of nitrogens with zero attached hydrogens (tertiary/aromatic N) is 1. The summed E-state index contributed by atoms with van der Waals surface area (Å²) in [5.41, 5.74) is 0.964. The van der Waals surface area contributed by atoms with E-state index in [0.29, 0.717) is 6.61 Å². The smallest absolute Gasteiger partial charge is 0.315 e. The third-order valence-corrected chi connectivity index (χ3v) is 3.44. The van der Waals surface area contributed by atoms with Crippen molar-refractivity contribution in [1.82, 2.24) is 4.98 Å². The first-order valence-electron chi connectivity index (χ1n) is 4.85. The van der Waals surface area contributed by atoms with Gasteiger partial charge in [-0.3, -0.25) is 4.79 Å². The number of aromatic nitrogens is 1. The molecule has 2 rings (SSSR count). The van der Waals surface area contributed by atoms with Crippen LogP contribution in [0, 0.1) is 6.92 Å². The van der Waals surface area contributed by atoms with Crippen LogP contribution in [0.4, 0.5) is 0 Å². The van der Waals surface area contributed by atoms with Crippen LogP contribution in [0.2, 0.25) is 0 Å². The zero-order valence-corrected chi connectivity index (χ0v) is 9.19. The molecular weight excluding hydrogens is 198 g/mol. The minimum absolute atomic E-state index is 0.102. The molecule has 0 spiro atoms. The van der Waals surface area contributed by atoms with Gasteiger partial charge in [0.2, 0.25) is 0 Å². The molecule has 1 aromatic rings. The molecule has 14 heavy (non-hydrogen) atoms. The normalized spacial score (nSPS) is 19.4. The molecule has 1 heterocycles. The second-order valence-corrected chi connectivity index (χ2v) is 4.67. The monoisotopic (exact) mass is 211 g/mol. The highest BCUT2D eigenvalue weighted by atomic mass is 32.1. The first kappa shape index (κ1) is 9.65. The van der Waals surface area contributed by atoms with E-state index in [0.717, 1.165) is 23.5 Å². The van der Waals surface area contributed by atoms with E-state index in [-0.39, 0.29) is 11.9 Å². The predicted octanol–water partition coefficient (Wildman–Crippen LogP) is 2.04. The number of thiazole rings is 1. The Bertz CT molecular complexity index is 359. The molecule has 1 atom stereocenters. The summed E-state index contributed by atoms with van der Waals surface area (Å²) < 4.78 is 5.02. The zero-order chi connectivity index (χ0) is 10.1. The molecule has 1 aliphatic rings. The Morgan fingerprint density at radius 2 is 2.50 bits per heavy atom. The third kappa shape index (κ3) is 1.54. The maximum absolute atomic E-state index is 11.6. The van der Waals surface area contributed by atoms with Gasteiger partial charge in [0.15, 0.2) is 0 Å². The number of carbonyl (C=O) groups is 1. The Hall–Kier alpha value is -0.900. The number of hydrogen-bond acceptors (Lipinski definition) is 4. The molecule has 1 aliphatic carbocycles. The molecule has 3 nitrogen and oxygen atoms in total. The van der Waals surface area contributed by atoms with Gasteiger partial charge in [0, 0.05) is 4.88 Å². The van der Waals surface area contributed by atoms with E-state index in [1.54, 1.807) is 11.3 Å². The highest BCUT2D eigenvalue weighted by molar-refractivity contribution is 7.11. The second-order valence-electron chi connectivity index (χ2n) is 3.38. The number of ether oxygens (including phenoxy) is 1. The van der Waals surface area contributed by atoms with Crippen LogP contribution >= 0.6 is 11.3 Å². The molecule has 0 saturated carbocycles. The Morgan fingerprint density at radius 3 is 3.21 bits per heavy atom. The van der Waals surface area contributed by atoms with Gasteiger partial charge in [-0.15, -0.1) is 11.3 Å². The van der Waals surface area contributed by atoms with Crippen LogP contribution in [0.15, 0.2) is 0 Å². The molecule has 4 heteroatoms. The molecule has 0 saturated heterocycles. The van der Waals surface area contributed by atoms with Gasteiger partial charge in [-0.25, -0.2) is 4.98 Å². The van der Waals surface area contributed by atoms with Crippen molar-refractivity contribution in [3.63, 3.8) is 0 Å². The van der Waals surface area contributed by atoms with Gasteiger partial charge in [-0.1, -0.05) is 0 Å². The van der Waals surface area contributed by atoms with Crippen LogP contribution in [-0.4, -0.2) is 17.6 Å². The molecule has 0 aromatic carbocycles. The van der Waals surface area contributed by atoms with Gasteiger partial charge in [0.05, 0.1) is 17.3 Å². The first-order chi connectivity index (χ1) is 6.72. The van der Waals surface area contributed by atoms with Crippen LogP contribution in [0.3, 0.4) is 0 Å². The topological polar surface area (TPSA) is 39.2 Å². The minimum Gasteiger partial charge on any atom is -0.465 e. The molecule has 0 bridgehead atoms. The van der Waals surface area contributed by atoms with Crippen molar-refractivity contribution in [3.05, 3.63) is 15.6 Å². The average Bonchev–Trinajstić information content (AvgIpc) is 2.62. The molecular formula is C10H13NO2S. The van der Waals surface area contributed by atoms with Crippen molar-refractivity contribution < 1.29 is 9.53 Å². The summed E-state index contributed by atoms with van der Waals surface area (Å²) in [5, 5.41) is 1.05. The summed E-state index contributed by atoms with van der Waals surface area (Å²) in [7, 11) is 0. The molecule has 0 N–H and O–H groups in total. The Balaban J connectivity index is 2.20. The summed E-state index contributed by atoms with van der Waals surface area (Å²) >= 11 is 1.70. The van der Waals surface area contributed by atoms with E-state index in [1.165, 1.54) is 4.88 Å². The van der Waals surface area contributed by atoms with E-state index >= 15 is 0 Å². The van der Waals surface area contributed by atoms with Crippen molar-refractivity contribution in [3.8, 4) is 0 Å². The summed E-state index contributed by atoms with van der Waals surface area (Å²) in [6, 6.07) is 0. The standard InChI is InChI=1S/C10H13NO2S/c1-3-13-10(12)7-4-5-8-9(7)11-6(2)14-8/h7H,3-5H2,1-2H3. The third-order valence-electron chi connectivity index (χ3n) is 2.40. The van der Waals surface area contributed by atoms with E-state index in [9.17, 15) is 4.79 Å². The second kappa shape index (κ2) is 3.69. The lowest BCUT2D eigenvalue weighted by atomic mass is 10.1. The number of carbonyl (C=O) groups excluding carboxylic acids is 1. The number of rotatable bonds is 2. The van der Waals surface area contributed by atoms with Crippen LogP contribution in [-0.2, 0) is 16.0 Å². The maximum atomic E-state index is 11.6. The number of fused-ring (bicyclic) bond motifs is 1. The fourth-order valence-electron chi connectivity index (χ4n) is 1.82. The molecule has 0 fully saturated rings. The van der Waals surface area contributed by atoms with E-state index in [2.05, 4.69) is 4.98 Å². The van der Waals surface area contributed by atoms with E-state index in [1.807, 2.05) is 13.8 Å². The van der Waals surface area contributed by atoms with Gasteiger partial charge in [0.1, 0.15) is 5.92 Å². The molecule has 0 amide bonds. The minimum atomic E-state index is -0.114. The number of aryl methyl sites for hydroxylation is 2. The Kier molecular flexibility index (Phi) is 2.54. The van der Waals surface area contributed by atoms with Crippen LogP contribution < -0.4 is 0 Å². The van der Waals surface area contributed by atoms with Crippen molar-refractivity contribution in [2.45, 2.75) is 32.6 Å². The van der Waals surface area contributed by atoms with Gasteiger partial charge in [-0.05, 0) is 26.7 Å². The highest BCUT2D eigenvalue weighted by Crippen LogP contribution is 2.36. The van der Waals surface area contributed by atoms with Crippen molar-refractivity contribution in [1.29, 1.82) is 0 Å². The number of esters is 1. The predicted molar refractivity (Wildman–Crippen MR) is 54.5 cm³/mol. The van der Waals surface area contributed by atoms with Crippen LogP contribution in [0.25, 0.3) is 0 Å². The lowest BCUT2D eigenvalue weighted by Crippen LogP contribution is -2.14. The first-order valence-corrected chi connectivity index (χ1v) is 5.67. The van der Waals surface area contributed by atoms with Crippen molar-refractivity contribution in [2.24, 2.45) is 0 Å². The maximum Gasteiger partial charge on any atom is 0.315 e. The van der Waals surface area contributed by atoms with Gasteiger partial charge in [0.25, 0.3) is 0 Å². The molecule has 0 radical (unpaired) electrons. The van der Waals surface area contributed by atoms with E-state index in [4.69, 9.17) is 4.74 Å². The van der Waals surface area contributed by atoms with Gasteiger partial charge < -0.3 is 4.74 Å². The molecule has 1 unspecified atom stereocenters. The summed E-state index contributed by atoms with van der Waals surface area (Å²) in [4.78, 5) is 17.2. The summed E-state index contributed by atoms with van der Waals surface area (Å²) in [6.07, 6.45) is 1.84. The van der Waals surface area contributed by atoms with E-state index < -0.39 is 0 Å².